The molecule has 0 bridgehead atoms. The van der Waals surface area contributed by atoms with E-state index < -0.39 is 108 Å². The Hall–Kier alpha value is -4.28. The summed E-state index contributed by atoms with van der Waals surface area (Å²) in [7, 11) is 0.895. The Kier molecular flexibility index (Phi) is 3.45. The van der Waals surface area contributed by atoms with E-state index in [0.29, 0.717) is 0 Å². The summed E-state index contributed by atoms with van der Waals surface area (Å²) in [5.41, 5.74) is 8.26. The van der Waals surface area contributed by atoms with Crippen LogP contribution in [0.1, 0.15) is 37.6 Å². The van der Waals surface area contributed by atoms with Gasteiger partial charge in [-0.05, 0) is 25.1 Å². The van der Waals surface area contributed by atoms with Crippen LogP contribution < -0.4 is 21.7 Å². The standard InChI is InChI=1S/C21H23FN8O2/c1-11-6-7-14(22)12(9-11)10-27-19-13(5-4-8-26-19)15(23)20-28-17(24)16(18(25)29-20)30(2)21(31)32-3/h4-9,23H,10H2,1-3H3,(H,26,27)(H4,24,25,28,29)/i2D3,4D,5D,6D,7D,8D,9D,10D2. The summed E-state index contributed by atoms with van der Waals surface area (Å²) in [6, 6.07) is -4.07. The Morgan fingerprint density at radius 1 is 1.38 bits per heavy atom. The minimum atomic E-state index is -3.17. The molecule has 0 aliphatic heterocycles. The van der Waals surface area contributed by atoms with Crippen LogP contribution in [0.3, 0.4) is 0 Å². The zero-order valence-corrected chi connectivity index (χ0v) is 16.6. The summed E-state index contributed by atoms with van der Waals surface area (Å²) in [5.74, 6) is -4.47. The van der Waals surface area contributed by atoms with Crippen molar-refractivity contribution in [3.8, 4) is 0 Å². The van der Waals surface area contributed by atoms with Crippen molar-refractivity contribution in [1.29, 1.82) is 5.41 Å². The van der Waals surface area contributed by atoms with Crippen LogP contribution in [0.2, 0.25) is 0 Å². The Bertz CT molecular complexity index is 1620. The summed E-state index contributed by atoms with van der Waals surface area (Å²) >= 11 is 0. The predicted molar refractivity (Wildman–Crippen MR) is 120 cm³/mol. The van der Waals surface area contributed by atoms with E-state index in [1.165, 1.54) is 6.92 Å². The normalized spacial score (nSPS) is 16.3. The summed E-state index contributed by atoms with van der Waals surface area (Å²) in [6.45, 7) is -5.05. The lowest BCUT2D eigenvalue weighted by Gasteiger charge is -2.19. The van der Waals surface area contributed by atoms with Crippen LogP contribution in [0.5, 0.6) is 0 Å². The van der Waals surface area contributed by atoms with Crippen molar-refractivity contribution in [2.45, 2.75) is 13.4 Å². The molecule has 1 aromatic carbocycles. The van der Waals surface area contributed by atoms with Gasteiger partial charge in [-0.2, -0.15) is 0 Å². The molecule has 0 aliphatic rings. The average molecular weight is 450 g/mol. The van der Waals surface area contributed by atoms with Crippen LogP contribution in [0.25, 0.3) is 0 Å². The van der Waals surface area contributed by atoms with E-state index in [2.05, 4.69) is 25.0 Å². The maximum absolute atomic E-state index is 15.0. The molecule has 0 saturated heterocycles. The Morgan fingerprint density at radius 3 is 2.75 bits per heavy atom. The van der Waals surface area contributed by atoms with Gasteiger partial charge in [-0.3, -0.25) is 10.3 Å². The van der Waals surface area contributed by atoms with Crippen molar-refractivity contribution < 1.29 is 29.0 Å². The minimum absolute atomic E-state index is 0.0958. The third kappa shape index (κ3) is 4.56. The molecular weight excluding hydrogens is 415 g/mol. The molecule has 32 heavy (non-hydrogen) atoms. The number of halogens is 1. The first kappa shape index (κ1) is 11.9. The van der Waals surface area contributed by atoms with E-state index in [1.807, 2.05) is 0 Å². The molecule has 1 amide bonds. The van der Waals surface area contributed by atoms with Gasteiger partial charge in [0, 0.05) is 34.9 Å². The molecular formula is C21H23FN8O2. The molecule has 0 atom stereocenters. The van der Waals surface area contributed by atoms with E-state index in [0.717, 1.165) is 7.11 Å². The molecule has 10 nitrogen and oxygen atoms in total. The number of amides is 1. The van der Waals surface area contributed by atoms with Crippen molar-refractivity contribution in [3.63, 3.8) is 0 Å². The number of rotatable bonds is 6. The average Bonchev–Trinajstić information content (AvgIpc) is 2.89. The molecule has 0 radical (unpaired) electrons. The van der Waals surface area contributed by atoms with Crippen LogP contribution in [0.4, 0.5) is 32.3 Å². The zero-order valence-electron chi connectivity index (χ0n) is 27.6. The van der Waals surface area contributed by atoms with Crippen molar-refractivity contribution in [3.05, 3.63) is 64.7 Å². The van der Waals surface area contributed by atoms with Crippen LogP contribution in [-0.2, 0) is 11.2 Å². The number of hydrogen-bond acceptors (Lipinski definition) is 9. The summed E-state index contributed by atoms with van der Waals surface area (Å²) in [6.07, 6.45) is -2.25. The molecule has 3 rings (SSSR count). The number of nitrogens with one attached hydrogen (secondary N) is 2. The number of benzene rings is 1. The van der Waals surface area contributed by atoms with Gasteiger partial charge < -0.3 is 21.5 Å². The maximum atomic E-state index is 15.0. The number of carbonyl (C=O) groups is 1. The number of hydrogen-bond donors (Lipinski definition) is 4. The highest BCUT2D eigenvalue weighted by atomic mass is 19.1. The minimum Gasteiger partial charge on any atom is -0.452 e. The van der Waals surface area contributed by atoms with Gasteiger partial charge in [0.05, 0.1) is 18.1 Å². The van der Waals surface area contributed by atoms with Crippen LogP contribution >= 0.6 is 0 Å². The third-order valence-electron chi connectivity index (χ3n) is 3.84. The molecule has 3 aromatic rings. The van der Waals surface area contributed by atoms with Gasteiger partial charge in [0.1, 0.15) is 23.0 Å². The monoisotopic (exact) mass is 449 g/mol. The maximum Gasteiger partial charge on any atom is 0.413 e. The highest BCUT2D eigenvalue weighted by Crippen LogP contribution is 2.28. The quantitative estimate of drug-likeness (QED) is 0.419. The predicted octanol–water partition coefficient (Wildman–Crippen LogP) is 2.71. The topological polar surface area (TPSA) is 156 Å². The van der Waals surface area contributed by atoms with Crippen molar-refractivity contribution >= 4 is 34.9 Å². The molecule has 0 unspecified atom stereocenters. The van der Waals surface area contributed by atoms with E-state index in [4.69, 9.17) is 32.0 Å². The van der Waals surface area contributed by atoms with Crippen molar-refractivity contribution in [1.82, 2.24) is 15.0 Å². The first-order valence-electron chi connectivity index (χ1n) is 14.1. The van der Waals surface area contributed by atoms with Gasteiger partial charge in [0.25, 0.3) is 0 Å². The second kappa shape index (κ2) is 9.25. The third-order valence-corrected chi connectivity index (χ3v) is 3.84. The number of methoxy groups -OCH3 is 1. The molecule has 0 aliphatic carbocycles. The molecule has 0 saturated carbocycles. The van der Waals surface area contributed by atoms with Crippen LogP contribution in [-0.4, -0.2) is 40.8 Å². The number of aromatic nitrogens is 3. The number of nitrogens with zero attached hydrogens (tertiary/aromatic N) is 4. The van der Waals surface area contributed by atoms with Crippen molar-refractivity contribution in [2.24, 2.45) is 0 Å². The fourth-order valence-electron chi connectivity index (χ4n) is 2.38. The lowest BCUT2D eigenvalue weighted by Crippen LogP contribution is -2.29. The van der Waals surface area contributed by atoms with E-state index in [1.54, 1.807) is 0 Å². The van der Waals surface area contributed by atoms with Crippen molar-refractivity contribution in [2.75, 3.05) is 35.8 Å². The molecule has 6 N–H and O–H groups in total. The molecule has 11 heteroatoms. The summed E-state index contributed by atoms with van der Waals surface area (Å²) in [5, 5.41) is 10.8. The fourth-order valence-corrected chi connectivity index (χ4v) is 2.38. The van der Waals surface area contributed by atoms with Crippen LogP contribution in [0.15, 0.2) is 36.4 Å². The van der Waals surface area contributed by atoms with Gasteiger partial charge in [0.15, 0.2) is 17.5 Å². The SMILES string of the molecule is [2H]c1nc(NC([2H])([2H])c2c([2H])c(C)c([2H])c([2H])c2F)c(C(=N)c2nc(N)c(N(C(=O)OC)C([2H])([2H])[2H])c(N)n2)c([2H])c1[2H]. The highest BCUT2D eigenvalue weighted by molar-refractivity contribution is 6.12. The number of carbonyl (C=O) groups excluding carboxylic acids is 1. The van der Waals surface area contributed by atoms with E-state index in [9.17, 15) is 4.79 Å². The van der Waals surface area contributed by atoms with E-state index in [-0.39, 0.29) is 10.5 Å². The second-order valence-corrected chi connectivity index (χ2v) is 5.98. The number of anilines is 4. The number of nitrogens with two attached hydrogens (primary N) is 2. The number of pyridine rings is 1. The summed E-state index contributed by atoms with van der Waals surface area (Å²) < 4.78 is 107. The van der Waals surface area contributed by atoms with E-state index >= 15 is 4.39 Å². The second-order valence-electron chi connectivity index (χ2n) is 5.98. The van der Waals surface area contributed by atoms with Crippen LogP contribution in [0, 0.1) is 18.2 Å². The zero-order chi connectivity index (χ0) is 32.9. The first-order chi connectivity index (χ1) is 19.7. The molecule has 166 valence electrons. The lowest BCUT2D eigenvalue weighted by molar-refractivity contribution is 0.180. The fraction of sp³-hybridized carbons (Fsp3) is 0.190. The lowest BCUT2D eigenvalue weighted by atomic mass is 10.1. The highest BCUT2D eigenvalue weighted by Gasteiger charge is 2.22. The Labute approximate surface area is 199 Å². The molecule has 2 aromatic heterocycles. The van der Waals surface area contributed by atoms with Gasteiger partial charge in [-0.25, -0.2) is 24.1 Å². The first-order valence-corrected chi connectivity index (χ1v) is 8.60. The van der Waals surface area contributed by atoms with Gasteiger partial charge in [-0.1, -0.05) is 17.6 Å². The summed E-state index contributed by atoms with van der Waals surface area (Å²) in [4.78, 5) is 23.6. The smallest absolute Gasteiger partial charge is 0.413 e. The number of ether oxygens (including phenoxy) is 1. The molecule has 0 fully saturated rings. The number of nitrogen functional groups attached to an aromatic ring is 2. The largest absolute Gasteiger partial charge is 0.452 e. The van der Waals surface area contributed by atoms with Gasteiger partial charge >= 0.3 is 6.09 Å². The van der Waals surface area contributed by atoms with Gasteiger partial charge in [0.2, 0.25) is 0 Å². The Balaban J connectivity index is 2.23. The molecule has 2 heterocycles. The van der Waals surface area contributed by atoms with Gasteiger partial charge in [-0.15, -0.1) is 0 Å². The Morgan fingerprint density at radius 2 is 2.09 bits per heavy atom. The molecule has 0 spiro atoms.